The lowest BCUT2D eigenvalue weighted by atomic mass is 10.0. The Morgan fingerprint density at radius 1 is 0.543 bits per heavy atom. The number of hydrogen-bond acceptors (Lipinski definition) is 16. The fraction of sp³-hybridized carbons (Fsp3) is 0.389. The molecule has 0 bridgehead atoms. The van der Waals surface area contributed by atoms with Crippen molar-refractivity contribution < 1.29 is 71.9 Å². The van der Waals surface area contributed by atoms with Crippen molar-refractivity contribution in [3.8, 4) is 17.2 Å². The molecular formula is C72H87Cl6F4N9O13S. The lowest BCUT2D eigenvalue weighted by Gasteiger charge is -2.33. The Morgan fingerprint density at radius 2 is 0.962 bits per heavy atom. The van der Waals surface area contributed by atoms with Gasteiger partial charge in [0, 0.05) is 145 Å². The molecule has 3 saturated heterocycles. The number of nitrogens with zero attached hydrogens (tertiary/aromatic N) is 3. The zero-order valence-electron chi connectivity index (χ0n) is 56.8. The molecule has 574 valence electrons. The Bertz CT molecular complexity index is 4720. The SMILES string of the molecule is CCS(=O)(=O)c1ccc2c(C(=O)NC[C@@H](C)CN3CCC(Oc4ccc(Cl)c(Cl)c4)CC3)c[nH]c(=O)c2c1.O=C(NC[C@@H](O)CN1CCC(Oc2ccc(Cl)c(Cl)c2)CC1)c1c[nH]c(=O)c2c(F)cccc12.O=C(NC[C@@H](O)CN1CCC(Oc2ccc(Cl)c(Cl)c2)CC1)c1c[nH]c(=O)cc1C(F)(F)F.[HH].[HH].[HH].[HH].[HH]. The fourth-order valence-electron chi connectivity index (χ4n) is 12.2. The summed E-state index contributed by atoms with van der Waals surface area (Å²) in [5.41, 5.74) is -3.61. The molecule has 0 aliphatic carbocycles. The molecule has 11 rings (SSSR count). The highest BCUT2D eigenvalue weighted by Crippen LogP contribution is 2.34. The lowest BCUT2D eigenvalue weighted by Crippen LogP contribution is -2.45. The Balaban J connectivity index is 0.000000341. The lowest BCUT2D eigenvalue weighted by molar-refractivity contribution is -0.138. The molecular weight excluding hydrogens is 1520 g/mol. The van der Waals surface area contributed by atoms with Gasteiger partial charge in [-0.25, -0.2) is 12.8 Å². The highest BCUT2D eigenvalue weighted by Gasteiger charge is 2.36. The summed E-state index contributed by atoms with van der Waals surface area (Å²) in [5.74, 6) is -0.426. The van der Waals surface area contributed by atoms with Gasteiger partial charge in [-0.2, -0.15) is 13.2 Å². The van der Waals surface area contributed by atoms with Crippen LogP contribution in [0, 0.1) is 11.7 Å². The maximum atomic E-state index is 14.0. The van der Waals surface area contributed by atoms with Crippen LogP contribution in [-0.2, 0) is 16.0 Å². The summed E-state index contributed by atoms with van der Waals surface area (Å²) in [5, 5.41) is 31.9. The number of halogens is 10. The molecule has 0 unspecified atom stereocenters. The summed E-state index contributed by atoms with van der Waals surface area (Å²) < 4.78 is 95.7. The van der Waals surface area contributed by atoms with Gasteiger partial charge in [0.25, 0.3) is 28.8 Å². The molecule has 3 aliphatic rings. The van der Waals surface area contributed by atoms with Crippen molar-refractivity contribution in [2.24, 2.45) is 5.92 Å². The van der Waals surface area contributed by atoms with Gasteiger partial charge in [0.15, 0.2) is 9.84 Å². The standard InChI is InChI=1S/C27H31Cl2N3O5S.C24H24Cl2FN3O4.C21H22Cl2F3N3O4.5H2/c1-3-38(35,36)20-5-6-21-22(13-20)26(33)31-15-23(21)27(34)30-14-17(2)16-32-10-8-18(9-11-32)37-19-4-7-24(28)25(29)12-19;25-19-5-4-16(10-20(19)26)34-15-6-8-30(9-7-15)13-14(31)11-28-23(32)18-12-29-24(33)22-17(18)2-1-3-21(22)27;22-17-2-1-14(7-18(17)23)33-13-3-5-29(6-4-13)11-12(30)9-28-20(32)15-10-27-19(31)8-16(15)21(24,25)26;;;;;/h4-7,12-13,15,17-18H,3,8-11,14,16H2,1-2H3,(H,30,34)(H,31,33);1-5,10,12,14-15,31H,6-9,11,13H2,(H,28,32)(H,29,33);1-2,7-8,10,12-13,30H,3-6,9,11H2,(H,27,31)(H,28,32);5*1H/t17-;14-;12-;;;;;/m111...../s1. The van der Waals surface area contributed by atoms with E-state index in [1.54, 1.807) is 55.5 Å². The first-order valence-corrected chi connectivity index (χ1v) is 37.5. The number of aromatic nitrogens is 3. The van der Waals surface area contributed by atoms with E-state index in [0.717, 1.165) is 58.4 Å². The first-order chi connectivity index (χ1) is 49.9. The van der Waals surface area contributed by atoms with E-state index in [4.69, 9.17) is 83.8 Å². The predicted octanol–water partition coefficient (Wildman–Crippen LogP) is 12.7. The molecule has 33 heteroatoms. The normalized spacial score (nSPS) is 16.1. The van der Waals surface area contributed by atoms with Gasteiger partial charge in [0.2, 0.25) is 5.56 Å². The first-order valence-electron chi connectivity index (χ1n) is 33.6. The minimum atomic E-state index is -4.86. The second-order valence-electron chi connectivity index (χ2n) is 25.6. The maximum Gasteiger partial charge on any atom is 0.417 e. The summed E-state index contributed by atoms with van der Waals surface area (Å²) in [4.78, 5) is 86.8. The summed E-state index contributed by atoms with van der Waals surface area (Å²) in [6.07, 6.45) is 1.57. The van der Waals surface area contributed by atoms with Gasteiger partial charge in [0.05, 0.1) is 80.6 Å². The quantitative estimate of drug-likeness (QED) is 0.0276. The number of carbonyl (C=O) groups excluding carboxylic acids is 3. The minimum Gasteiger partial charge on any atom is -0.490 e. The van der Waals surface area contributed by atoms with E-state index in [2.05, 4.69) is 47.6 Å². The molecule has 8 aromatic rings. The Hall–Kier alpha value is -7.51. The summed E-state index contributed by atoms with van der Waals surface area (Å²) in [6.45, 7) is 9.82. The molecule has 8 N–H and O–H groups in total. The van der Waals surface area contributed by atoms with Crippen LogP contribution < -0.4 is 46.8 Å². The molecule has 3 atom stereocenters. The zero-order chi connectivity index (χ0) is 75.9. The number of nitrogens with one attached hydrogen (secondary N) is 6. The molecule has 6 heterocycles. The minimum absolute atomic E-state index is 0. The monoisotopic (exact) mass is 1600 g/mol. The number of carbonyl (C=O) groups is 3. The number of β-amino-alcohol motifs (C(OH)–C–C–N with tert-alkyl or cyclic N) is 2. The summed E-state index contributed by atoms with van der Waals surface area (Å²) in [7, 11) is -3.47. The number of likely N-dealkylation sites (tertiary alicyclic amines) is 3. The number of hydrogen-bond donors (Lipinski definition) is 8. The molecule has 3 amide bonds. The number of piperidine rings is 3. The topological polar surface area (TPSA) is 298 Å². The second-order valence-corrected chi connectivity index (χ2v) is 30.3. The van der Waals surface area contributed by atoms with Crippen molar-refractivity contribution in [3.05, 3.63) is 205 Å². The fourth-order valence-corrected chi connectivity index (χ4v) is 14.0. The van der Waals surface area contributed by atoms with E-state index < -0.39 is 73.7 Å². The number of fused-ring (bicyclic) bond motifs is 2. The number of aliphatic hydroxyl groups excluding tert-OH is 2. The van der Waals surface area contributed by atoms with E-state index in [-0.39, 0.29) is 89.3 Å². The van der Waals surface area contributed by atoms with Gasteiger partial charge in [-0.3, -0.25) is 28.8 Å². The Kier molecular flexibility index (Phi) is 29.0. The third-order valence-electron chi connectivity index (χ3n) is 17.8. The number of aromatic amines is 3. The van der Waals surface area contributed by atoms with E-state index in [1.807, 2.05) is 11.0 Å². The van der Waals surface area contributed by atoms with Crippen LogP contribution in [0.4, 0.5) is 17.6 Å². The van der Waals surface area contributed by atoms with Crippen LogP contribution in [-0.4, -0.2) is 181 Å². The Morgan fingerprint density at radius 3 is 1.41 bits per heavy atom. The molecule has 0 saturated carbocycles. The van der Waals surface area contributed by atoms with Crippen LogP contribution in [0.5, 0.6) is 17.2 Å². The van der Waals surface area contributed by atoms with Crippen molar-refractivity contribution in [3.63, 3.8) is 0 Å². The molecule has 3 aromatic heterocycles. The first kappa shape index (κ1) is 81.6. The van der Waals surface area contributed by atoms with Gasteiger partial charge in [-0.15, -0.1) is 0 Å². The highest BCUT2D eigenvalue weighted by atomic mass is 35.5. The molecule has 5 aromatic carbocycles. The number of aliphatic hydroxyl groups is 2. The van der Waals surface area contributed by atoms with Crippen LogP contribution in [0.1, 0.15) is 96.1 Å². The van der Waals surface area contributed by atoms with Crippen molar-refractivity contribution in [1.82, 2.24) is 45.6 Å². The van der Waals surface area contributed by atoms with Crippen molar-refractivity contribution in [2.45, 2.75) is 94.0 Å². The number of H-pyrrole nitrogens is 3. The molecule has 22 nitrogen and oxygen atoms in total. The van der Waals surface area contributed by atoms with Crippen molar-refractivity contribution in [2.75, 3.05) is 84.3 Å². The molecule has 105 heavy (non-hydrogen) atoms. The number of rotatable bonds is 23. The Labute approximate surface area is 638 Å². The van der Waals surface area contributed by atoms with Gasteiger partial charge < -0.3 is 70.0 Å². The molecule has 3 fully saturated rings. The molecule has 0 radical (unpaired) electrons. The molecule has 0 spiro atoms. The van der Waals surface area contributed by atoms with Crippen LogP contribution in [0.2, 0.25) is 30.1 Å². The number of pyridine rings is 3. The van der Waals surface area contributed by atoms with Crippen LogP contribution in [0.25, 0.3) is 21.5 Å². The van der Waals surface area contributed by atoms with Crippen molar-refractivity contribution >= 4 is 119 Å². The van der Waals surface area contributed by atoms with Crippen LogP contribution in [0.3, 0.4) is 0 Å². The van der Waals surface area contributed by atoms with E-state index in [9.17, 15) is 65.0 Å². The van der Waals surface area contributed by atoms with Gasteiger partial charge >= 0.3 is 6.18 Å². The van der Waals surface area contributed by atoms with E-state index >= 15 is 0 Å². The number of amides is 3. The summed E-state index contributed by atoms with van der Waals surface area (Å²) >= 11 is 35.9. The second kappa shape index (κ2) is 37.3. The third kappa shape index (κ3) is 23.0. The predicted molar refractivity (Wildman–Crippen MR) is 407 cm³/mol. The number of alkyl halides is 3. The maximum absolute atomic E-state index is 14.0. The number of sulfone groups is 1. The van der Waals surface area contributed by atoms with Crippen molar-refractivity contribution in [1.29, 1.82) is 0 Å². The number of benzene rings is 5. The van der Waals surface area contributed by atoms with Crippen LogP contribution in [0.15, 0.2) is 135 Å². The molecule has 3 aliphatic heterocycles. The smallest absolute Gasteiger partial charge is 0.417 e. The number of ether oxygens (including phenoxy) is 3. The highest BCUT2D eigenvalue weighted by molar-refractivity contribution is 7.91. The zero-order valence-corrected chi connectivity index (χ0v) is 62.1. The third-order valence-corrected chi connectivity index (χ3v) is 21.7. The van der Waals surface area contributed by atoms with E-state index in [1.165, 1.54) is 48.8 Å². The van der Waals surface area contributed by atoms with Gasteiger partial charge in [-0.05, 0) is 99.0 Å². The largest absolute Gasteiger partial charge is 0.490 e. The summed E-state index contributed by atoms with van der Waals surface area (Å²) in [6, 6.07) is 24.3. The van der Waals surface area contributed by atoms with Gasteiger partial charge in [-0.1, -0.05) is 102 Å². The van der Waals surface area contributed by atoms with Crippen LogP contribution >= 0.6 is 69.6 Å². The average molecular weight is 1610 g/mol. The van der Waals surface area contributed by atoms with Gasteiger partial charge in [0.1, 0.15) is 41.4 Å². The average Bonchev–Trinajstić information content (AvgIpc) is 0.786. The van der Waals surface area contributed by atoms with E-state index in [0.29, 0.717) is 110 Å².